The second kappa shape index (κ2) is 4.17. The highest BCUT2D eigenvalue weighted by atomic mass is 32.2. The average molecular weight is 207 g/mol. The molecule has 0 bridgehead atoms. The van der Waals surface area contributed by atoms with Crippen LogP contribution in [0.1, 0.15) is 13.3 Å². The Kier molecular flexibility index (Phi) is 3.40. The molecule has 1 saturated heterocycles. The van der Waals surface area contributed by atoms with Crippen molar-refractivity contribution in [3.63, 3.8) is 0 Å². The van der Waals surface area contributed by atoms with Crippen LogP contribution < -0.4 is 0 Å². The second-order valence-corrected chi connectivity index (χ2v) is 4.64. The zero-order chi connectivity index (χ0) is 10.0. The van der Waals surface area contributed by atoms with E-state index in [2.05, 4.69) is 0 Å². The number of aliphatic carboxylic acids is 1. The molecule has 13 heavy (non-hydrogen) atoms. The Bertz CT molecular complexity index is 233. The van der Waals surface area contributed by atoms with E-state index in [0.29, 0.717) is 5.75 Å². The van der Waals surface area contributed by atoms with E-state index < -0.39 is 29.1 Å². The van der Waals surface area contributed by atoms with Gasteiger partial charge in [-0.05, 0) is 0 Å². The standard InChI is InChI=1S/C7H13NO4S/c1-2-13(12)8-4-5(9)3-6(8)7(10)11/h5-6,9H,2-4H2,1H3,(H,10,11)/t5-,6-,13?/m0/s1. The first-order chi connectivity index (χ1) is 6.06. The summed E-state index contributed by atoms with van der Waals surface area (Å²) in [6.07, 6.45) is -0.502. The van der Waals surface area contributed by atoms with E-state index in [1.54, 1.807) is 6.92 Å². The molecule has 3 atom stereocenters. The zero-order valence-corrected chi connectivity index (χ0v) is 8.16. The van der Waals surface area contributed by atoms with Crippen LogP contribution in [0.2, 0.25) is 0 Å². The number of carbonyl (C=O) groups is 1. The van der Waals surface area contributed by atoms with Crippen molar-refractivity contribution in [2.75, 3.05) is 12.3 Å². The topological polar surface area (TPSA) is 77.8 Å². The molecule has 1 heterocycles. The molecule has 76 valence electrons. The van der Waals surface area contributed by atoms with Gasteiger partial charge in [-0.2, -0.15) is 0 Å². The normalized spacial score (nSPS) is 31.8. The maximum Gasteiger partial charge on any atom is 0.322 e. The molecule has 0 aromatic heterocycles. The summed E-state index contributed by atoms with van der Waals surface area (Å²) in [5.41, 5.74) is 0. The van der Waals surface area contributed by atoms with Crippen LogP contribution in [0.3, 0.4) is 0 Å². The number of aliphatic hydroxyl groups excluding tert-OH is 1. The van der Waals surface area contributed by atoms with Gasteiger partial charge in [0.1, 0.15) is 6.04 Å². The van der Waals surface area contributed by atoms with Crippen molar-refractivity contribution in [3.05, 3.63) is 0 Å². The number of aliphatic hydroxyl groups is 1. The molecule has 5 nitrogen and oxygen atoms in total. The lowest BCUT2D eigenvalue weighted by Crippen LogP contribution is -2.37. The van der Waals surface area contributed by atoms with Gasteiger partial charge in [-0.3, -0.25) is 4.79 Å². The van der Waals surface area contributed by atoms with E-state index in [9.17, 15) is 14.1 Å². The summed E-state index contributed by atoms with van der Waals surface area (Å²) in [5.74, 6) is -0.630. The molecule has 0 aromatic carbocycles. The summed E-state index contributed by atoms with van der Waals surface area (Å²) < 4.78 is 12.7. The Balaban J connectivity index is 2.71. The number of hydrogen-bond donors (Lipinski definition) is 2. The van der Waals surface area contributed by atoms with Crippen molar-refractivity contribution in [3.8, 4) is 0 Å². The van der Waals surface area contributed by atoms with E-state index in [-0.39, 0.29) is 13.0 Å². The van der Waals surface area contributed by atoms with Crippen molar-refractivity contribution in [2.24, 2.45) is 0 Å². The van der Waals surface area contributed by atoms with Gasteiger partial charge in [0, 0.05) is 18.7 Å². The largest absolute Gasteiger partial charge is 0.480 e. The van der Waals surface area contributed by atoms with Crippen molar-refractivity contribution in [1.82, 2.24) is 4.31 Å². The molecule has 6 heteroatoms. The maximum absolute atomic E-state index is 11.3. The number of rotatable bonds is 3. The van der Waals surface area contributed by atoms with Gasteiger partial charge in [0.05, 0.1) is 17.1 Å². The Hall–Kier alpha value is -0.460. The minimum absolute atomic E-state index is 0.168. The average Bonchev–Trinajstić information content (AvgIpc) is 2.46. The Morgan fingerprint density at radius 3 is 2.77 bits per heavy atom. The summed E-state index contributed by atoms with van der Waals surface area (Å²) in [6, 6.07) is -0.796. The molecule has 0 aliphatic carbocycles. The van der Waals surface area contributed by atoms with Crippen LogP contribution in [0.15, 0.2) is 0 Å². The van der Waals surface area contributed by atoms with Crippen LogP contribution in [-0.2, 0) is 15.8 Å². The second-order valence-electron chi connectivity index (χ2n) is 2.95. The summed E-state index contributed by atoms with van der Waals surface area (Å²) in [7, 11) is -1.28. The predicted molar refractivity (Wildman–Crippen MR) is 47.4 cm³/mol. The molecule has 0 aromatic rings. The van der Waals surface area contributed by atoms with Gasteiger partial charge in [0.15, 0.2) is 0 Å². The van der Waals surface area contributed by atoms with Crippen LogP contribution in [0, 0.1) is 0 Å². The third-order valence-electron chi connectivity index (χ3n) is 2.03. The van der Waals surface area contributed by atoms with Crippen molar-refractivity contribution in [1.29, 1.82) is 0 Å². The molecule has 1 aliphatic heterocycles. The van der Waals surface area contributed by atoms with E-state index >= 15 is 0 Å². The van der Waals surface area contributed by atoms with Gasteiger partial charge in [-0.25, -0.2) is 8.51 Å². The first-order valence-corrected chi connectivity index (χ1v) is 5.39. The van der Waals surface area contributed by atoms with Gasteiger partial charge in [0.2, 0.25) is 0 Å². The lowest BCUT2D eigenvalue weighted by atomic mass is 10.2. The number of carboxylic acid groups (broad SMARTS) is 1. The lowest BCUT2D eigenvalue weighted by Gasteiger charge is -2.18. The molecule has 1 aliphatic rings. The molecule has 2 N–H and O–H groups in total. The van der Waals surface area contributed by atoms with E-state index in [0.717, 1.165) is 0 Å². The number of β-amino-alcohol motifs (C(OH)–C–C–N with tert-alkyl or cyclic N) is 1. The number of hydrogen-bond acceptors (Lipinski definition) is 3. The third kappa shape index (κ3) is 2.26. The summed E-state index contributed by atoms with van der Waals surface area (Å²) in [5, 5.41) is 18.0. The van der Waals surface area contributed by atoms with Gasteiger partial charge < -0.3 is 10.2 Å². The Morgan fingerprint density at radius 2 is 2.31 bits per heavy atom. The van der Waals surface area contributed by atoms with Crippen LogP contribution in [0.25, 0.3) is 0 Å². The quantitative estimate of drug-likeness (QED) is 0.634. The molecule has 0 radical (unpaired) electrons. The van der Waals surface area contributed by atoms with E-state index in [4.69, 9.17) is 5.11 Å². The first-order valence-electron chi connectivity index (χ1n) is 4.12. The van der Waals surface area contributed by atoms with Gasteiger partial charge in [0.25, 0.3) is 0 Å². The molecule has 1 fully saturated rings. The van der Waals surface area contributed by atoms with Crippen LogP contribution in [0.5, 0.6) is 0 Å². The minimum Gasteiger partial charge on any atom is -0.480 e. The van der Waals surface area contributed by atoms with Crippen molar-refractivity contribution >= 4 is 17.0 Å². The summed E-state index contributed by atoms with van der Waals surface area (Å²) in [4.78, 5) is 10.7. The molecule has 0 saturated carbocycles. The predicted octanol–water partition coefficient (Wildman–Crippen LogP) is -0.810. The number of carboxylic acids is 1. The molecule has 0 spiro atoms. The van der Waals surface area contributed by atoms with Crippen LogP contribution >= 0.6 is 0 Å². The fourth-order valence-corrected chi connectivity index (χ4v) is 2.53. The fraction of sp³-hybridized carbons (Fsp3) is 0.857. The SMILES string of the molecule is CCS(=O)N1C[C@@H](O)C[C@H]1C(=O)O. The van der Waals surface area contributed by atoms with Crippen molar-refractivity contribution < 1.29 is 19.2 Å². The number of nitrogens with zero attached hydrogens (tertiary/aromatic N) is 1. The molecule has 1 unspecified atom stereocenters. The lowest BCUT2D eigenvalue weighted by molar-refractivity contribution is -0.140. The highest BCUT2D eigenvalue weighted by Gasteiger charge is 2.38. The summed E-state index contributed by atoms with van der Waals surface area (Å²) in [6.45, 7) is 1.91. The zero-order valence-electron chi connectivity index (χ0n) is 7.34. The first kappa shape index (κ1) is 10.6. The molecular weight excluding hydrogens is 194 g/mol. The Labute approximate surface area is 78.9 Å². The highest BCUT2D eigenvalue weighted by molar-refractivity contribution is 7.82. The molecular formula is C7H13NO4S. The highest BCUT2D eigenvalue weighted by Crippen LogP contribution is 2.19. The monoisotopic (exact) mass is 207 g/mol. The minimum atomic E-state index is -1.28. The van der Waals surface area contributed by atoms with E-state index in [1.807, 2.05) is 0 Å². The van der Waals surface area contributed by atoms with Gasteiger partial charge in [-0.1, -0.05) is 6.92 Å². The molecule has 0 amide bonds. The summed E-state index contributed by atoms with van der Waals surface area (Å²) >= 11 is 0. The van der Waals surface area contributed by atoms with Gasteiger partial charge in [-0.15, -0.1) is 0 Å². The van der Waals surface area contributed by atoms with E-state index in [1.165, 1.54) is 4.31 Å². The van der Waals surface area contributed by atoms with Crippen LogP contribution in [0.4, 0.5) is 0 Å². The van der Waals surface area contributed by atoms with Crippen LogP contribution in [-0.4, -0.2) is 49.1 Å². The Morgan fingerprint density at radius 1 is 1.69 bits per heavy atom. The van der Waals surface area contributed by atoms with Crippen molar-refractivity contribution in [2.45, 2.75) is 25.5 Å². The fourth-order valence-electron chi connectivity index (χ4n) is 1.40. The maximum atomic E-state index is 11.3. The third-order valence-corrected chi connectivity index (χ3v) is 3.45. The smallest absolute Gasteiger partial charge is 0.322 e. The molecule has 1 rings (SSSR count). The van der Waals surface area contributed by atoms with Gasteiger partial charge >= 0.3 is 5.97 Å².